The van der Waals surface area contributed by atoms with E-state index >= 15 is 0 Å². The van der Waals surface area contributed by atoms with Crippen LogP contribution in [0.15, 0.2) is 24.5 Å². The molecule has 0 aliphatic heterocycles. The van der Waals surface area contributed by atoms with Gasteiger partial charge in [0.25, 0.3) is 0 Å². The van der Waals surface area contributed by atoms with E-state index < -0.39 is 0 Å². The molecule has 0 saturated heterocycles. The van der Waals surface area contributed by atoms with Crippen LogP contribution >= 0.6 is 0 Å². The first kappa shape index (κ1) is 14.9. The molecule has 0 fully saturated rings. The summed E-state index contributed by atoms with van der Waals surface area (Å²) in [5, 5.41) is 7.89. The van der Waals surface area contributed by atoms with Gasteiger partial charge in [-0.05, 0) is 44.5 Å². The van der Waals surface area contributed by atoms with Crippen LogP contribution < -0.4 is 5.32 Å². The zero-order chi connectivity index (χ0) is 14.7. The van der Waals surface area contributed by atoms with Gasteiger partial charge in [0.2, 0.25) is 0 Å². The van der Waals surface area contributed by atoms with Gasteiger partial charge in [0.1, 0.15) is 0 Å². The molecule has 1 atom stereocenters. The van der Waals surface area contributed by atoms with E-state index in [0.717, 1.165) is 18.8 Å². The standard InChI is InChI=1S/C16H26N4/c1-6-20-15(9-13(4)18-20)11-19-8-7-14(10-19)16(17-5)12(2)3/h7-10,12,16-17H,6,11H2,1-5H3. The van der Waals surface area contributed by atoms with Gasteiger partial charge in [0.15, 0.2) is 0 Å². The van der Waals surface area contributed by atoms with E-state index in [2.05, 4.69) is 65.0 Å². The molecule has 0 amide bonds. The van der Waals surface area contributed by atoms with Gasteiger partial charge in [-0.1, -0.05) is 13.8 Å². The quantitative estimate of drug-likeness (QED) is 0.879. The number of hydrogen-bond acceptors (Lipinski definition) is 2. The molecular formula is C16H26N4. The van der Waals surface area contributed by atoms with Crippen LogP contribution in [0, 0.1) is 12.8 Å². The third-order valence-corrected chi connectivity index (χ3v) is 3.74. The molecule has 2 aromatic heterocycles. The average molecular weight is 274 g/mol. The second-order valence-electron chi connectivity index (χ2n) is 5.72. The van der Waals surface area contributed by atoms with Crippen molar-refractivity contribution in [3.05, 3.63) is 41.5 Å². The van der Waals surface area contributed by atoms with Crippen LogP contribution in [0.3, 0.4) is 0 Å². The van der Waals surface area contributed by atoms with Gasteiger partial charge in [0, 0.05) is 25.0 Å². The Morgan fingerprint density at radius 1 is 1.35 bits per heavy atom. The molecule has 0 aliphatic rings. The smallest absolute Gasteiger partial charge is 0.0639 e. The molecule has 4 heteroatoms. The third-order valence-electron chi connectivity index (χ3n) is 3.74. The fourth-order valence-corrected chi connectivity index (χ4v) is 2.81. The summed E-state index contributed by atoms with van der Waals surface area (Å²) in [4.78, 5) is 0. The van der Waals surface area contributed by atoms with E-state index in [9.17, 15) is 0 Å². The first-order chi connectivity index (χ1) is 9.55. The molecule has 110 valence electrons. The Bertz CT molecular complexity index is 551. The molecule has 0 aromatic carbocycles. The summed E-state index contributed by atoms with van der Waals surface area (Å²) in [5.41, 5.74) is 3.70. The first-order valence-corrected chi connectivity index (χ1v) is 7.41. The van der Waals surface area contributed by atoms with E-state index in [-0.39, 0.29) is 0 Å². The summed E-state index contributed by atoms with van der Waals surface area (Å²) >= 11 is 0. The molecule has 0 bridgehead atoms. The lowest BCUT2D eigenvalue weighted by molar-refractivity contribution is 0.442. The van der Waals surface area contributed by atoms with E-state index in [4.69, 9.17) is 0 Å². The van der Waals surface area contributed by atoms with E-state index in [0.29, 0.717) is 12.0 Å². The maximum absolute atomic E-state index is 4.50. The third kappa shape index (κ3) is 3.12. The molecule has 2 aromatic rings. The van der Waals surface area contributed by atoms with Gasteiger partial charge in [-0.25, -0.2) is 0 Å². The minimum atomic E-state index is 0.411. The van der Waals surface area contributed by atoms with Crippen molar-refractivity contribution in [2.75, 3.05) is 7.05 Å². The van der Waals surface area contributed by atoms with Crippen molar-refractivity contribution >= 4 is 0 Å². The Morgan fingerprint density at radius 3 is 2.70 bits per heavy atom. The van der Waals surface area contributed by atoms with E-state index in [1.54, 1.807) is 0 Å². The minimum Gasteiger partial charge on any atom is -0.348 e. The molecule has 4 nitrogen and oxygen atoms in total. The SMILES string of the molecule is CCn1nc(C)cc1Cn1ccc(C(NC)C(C)C)c1. The topological polar surface area (TPSA) is 34.8 Å². The highest BCUT2D eigenvalue weighted by Crippen LogP contribution is 2.21. The fourth-order valence-electron chi connectivity index (χ4n) is 2.81. The molecule has 2 rings (SSSR count). The highest BCUT2D eigenvalue weighted by Gasteiger charge is 2.14. The number of nitrogens with zero attached hydrogens (tertiary/aromatic N) is 3. The van der Waals surface area contributed by atoms with Crippen LogP contribution in [0.25, 0.3) is 0 Å². The van der Waals surface area contributed by atoms with Crippen molar-refractivity contribution < 1.29 is 0 Å². The minimum absolute atomic E-state index is 0.411. The molecule has 0 radical (unpaired) electrons. The summed E-state index contributed by atoms with van der Waals surface area (Å²) in [7, 11) is 2.03. The zero-order valence-electron chi connectivity index (χ0n) is 13.2. The van der Waals surface area contributed by atoms with Crippen molar-refractivity contribution in [3.63, 3.8) is 0 Å². The summed E-state index contributed by atoms with van der Waals surface area (Å²) in [6.07, 6.45) is 4.40. The van der Waals surface area contributed by atoms with Crippen molar-refractivity contribution in [2.45, 2.75) is 46.8 Å². The largest absolute Gasteiger partial charge is 0.348 e. The Morgan fingerprint density at radius 2 is 2.10 bits per heavy atom. The zero-order valence-corrected chi connectivity index (χ0v) is 13.2. The Balaban J connectivity index is 2.17. The van der Waals surface area contributed by atoms with Crippen LogP contribution in [0.1, 0.15) is 43.8 Å². The molecule has 0 spiro atoms. The summed E-state index contributed by atoms with van der Waals surface area (Å²) < 4.78 is 4.32. The molecule has 1 unspecified atom stereocenters. The monoisotopic (exact) mass is 274 g/mol. The van der Waals surface area contributed by atoms with E-state index in [1.807, 2.05) is 14.0 Å². The predicted octanol–water partition coefficient (Wildman–Crippen LogP) is 2.98. The van der Waals surface area contributed by atoms with Gasteiger partial charge in [-0.15, -0.1) is 0 Å². The Labute approximate surface area is 121 Å². The lowest BCUT2D eigenvalue weighted by atomic mass is 9.99. The van der Waals surface area contributed by atoms with Crippen LogP contribution in [0.4, 0.5) is 0 Å². The Kier molecular flexibility index (Phi) is 4.65. The molecule has 0 saturated carbocycles. The highest BCUT2D eigenvalue weighted by atomic mass is 15.3. The summed E-state index contributed by atoms with van der Waals surface area (Å²) in [6, 6.07) is 4.79. The Hall–Kier alpha value is -1.55. The van der Waals surface area contributed by atoms with Crippen molar-refractivity contribution in [1.29, 1.82) is 0 Å². The second kappa shape index (κ2) is 6.27. The molecular weight excluding hydrogens is 248 g/mol. The number of rotatable bonds is 6. The molecule has 1 N–H and O–H groups in total. The lowest BCUT2D eigenvalue weighted by Crippen LogP contribution is -2.21. The van der Waals surface area contributed by atoms with Gasteiger partial charge in [0.05, 0.1) is 17.9 Å². The predicted molar refractivity (Wildman–Crippen MR) is 82.8 cm³/mol. The van der Waals surface area contributed by atoms with Crippen molar-refractivity contribution in [2.24, 2.45) is 5.92 Å². The summed E-state index contributed by atoms with van der Waals surface area (Å²) in [6.45, 7) is 10.5. The fraction of sp³-hybridized carbons (Fsp3) is 0.562. The second-order valence-corrected chi connectivity index (χ2v) is 5.72. The number of aryl methyl sites for hydroxylation is 2. The first-order valence-electron chi connectivity index (χ1n) is 7.41. The highest BCUT2D eigenvalue weighted by molar-refractivity contribution is 5.18. The number of nitrogens with one attached hydrogen (secondary N) is 1. The number of aromatic nitrogens is 3. The maximum Gasteiger partial charge on any atom is 0.0639 e. The molecule has 2 heterocycles. The average Bonchev–Trinajstić information content (AvgIpc) is 2.97. The summed E-state index contributed by atoms with van der Waals surface area (Å²) in [5.74, 6) is 0.583. The van der Waals surface area contributed by atoms with Gasteiger partial charge < -0.3 is 9.88 Å². The normalized spacial score (nSPS) is 13.1. The van der Waals surface area contributed by atoms with Crippen LogP contribution in [-0.4, -0.2) is 21.4 Å². The van der Waals surface area contributed by atoms with Crippen LogP contribution in [0.2, 0.25) is 0 Å². The van der Waals surface area contributed by atoms with Gasteiger partial charge in [-0.2, -0.15) is 5.10 Å². The molecule has 20 heavy (non-hydrogen) atoms. The molecule has 0 aliphatic carbocycles. The number of hydrogen-bond donors (Lipinski definition) is 1. The van der Waals surface area contributed by atoms with Crippen molar-refractivity contribution in [1.82, 2.24) is 19.7 Å². The van der Waals surface area contributed by atoms with Gasteiger partial charge in [-0.3, -0.25) is 4.68 Å². The van der Waals surface area contributed by atoms with Crippen molar-refractivity contribution in [3.8, 4) is 0 Å². The van der Waals surface area contributed by atoms with Crippen LogP contribution in [0.5, 0.6) is 0 Å². The maximum atomic E-state index is 4.50. The van der Waals surface area contributed by atoms with E-state index in [1.165, 1.54) is 11.3 Å². The van der Waals surface area contributed by atoms with Crippen LogP contribution in [-0.2, 0) is 13.1 Å². The lowest BCUT2D eigenvalue weighted by Gasteiger charge is -2.18. The van der Waals surface area contributed by atoms with Gasteiger partial charge >= 0.3 is 0 Å².